The van der Waals surface area contributed by atoms with Crippen LogP contribution in [0.15, 0.2) is 24.3 Å². The number of aromatic nitrogens is 4. The van der Waals surface area contributed by atoms with E-state index in [9.17, 15) is 4.79 Å². The van der Waals surface area contributed by atoms with Crippen LogP contribution in [0.1, 0.15) is 61.9 Å². The van der Waals surface area contributed by atoms with Crippen LogP contribution in [-0.4, -0.2) is 25.9 Å². The number of thiazole rings is 1. The van der Waals surface area contributed by atoms with Crippen molar-refractivity contribution in [3.8, 4) is 0 Å². The Morgan fingerprint density at radius 3 is 2.54 bits per heavy atom. The van der Waals surface area contributed by atoms with E-state index >= 15 is 0 Å². The Balaban J connectivity index is 1.42. The van der Waals surface area contributed by atoms with Crippen LogP contribution in [0, 0.1) is 0 Å². The number of benzene rings is 1. The lowest BCUT2D eigenvalue weighted by Gasteiger charge is -2.06. The molecule has 1 aromatic carbocycles. The predicted octanol–water partition coefficient (Wildman–Crippen LogP) is 4.75. The Morgan fingerprint density at radius 1 is 1.00 bits per heavy atom. The quantitative estimate of drug-likeness (QED) is 0.692. The molecule has 6 nitrogen and oxygen atoms in total. The molecule has 28 heavy (non-hydrogen) atoms. The Kier molecular flexibility index (Phi) is 6.31. The second-order valence-electron chi connectivity index (χ2n) is 7.50. The predicted molar refractivity (Wildman–Crippen MR) is 113 cm³/mol. The van der Waals surface area contributed by atoms with Crippen molar-refractivity contribution in [3.05, 3.63) is 34.8 Å². The van der Waals surface area contributed by atoms with Gasteiger partial charge in [-0.2, -0.15) is 0 Å². The number of rotatable bonds is 3. The zero-order valence-corrected chi connectivity index (χ0v) is 17.0. The fourth-order valence-corrected chi connectivity index (χ4v) is 4.86. The molecule has 1 aliphatic rings. The molecule has 148 valence electrons. The maximum atomic E-state index is 12.5. The minimum atomic E-state index is -0.111. The van der Waals surface area contributed by atoms with Crippen molar-refractivity contribution in [2.45, 2.75) is 70.8 Å². The lowest BCUT2D eigenvalue weighted by molar-refractivity contribution is -0.116. The molecule has 1 N–H and O–H groups in total. The van der Waals surface area contributed by atoms with Crippen LogP contribution >= 0.6 is 11.3 Å². The Morgan fingerprint density at radius 2 is 1.71 bits per heavy atom. The van der Waals surface area contributed by atoms with Crippen LogP contribution < -0.4 is 5.32 Å². The number of para-hydroxylation sites is 1. The molecule has 0 saturated heterocycles. The fourth-order valence-electron chi connectivity index (χ4n) is 3.80. The summed E-state index contributed by atoms with van der Waals surface area (Å²) in [6.45, 7) is 0.144. The van der Waals surface area contributed by atoms with E-state index in [1.54, 1.807) is 16.0 Å². The number of hydrogen-bond donors (Lipinski definition) is 1. The second-order valence-corrected chi connectivity index (χ2v) is 8.58. The molecule has 0 spiro atoms. The fraction of sp³-hybridized carbons (Fsp3) is 0.524. The molecule has 0 saturated carbocycles. The molecule has 0 bridgehead atoms. The van der Waals surface area contributed by atoms with Gasteiger partial charge in [0.2, 0.25) is 5.91 Å². The van der Waals surface area contributed by atoms with Crippen LogP contribution in [0.5, 0.6) is 0 Å². The minimum absolute atomic E-state index is 0.111. The molecule has 0 aliphatic heterocycles. The van der Waals surface area contributed by atoms with Crippen LogP contribution in [0.2, 0.25) is 0 Å². The number of amides is 1. The first-order valence-corrected chi connectivity index (χ1v) is 11.2. The summed E-state index contributed by atoms with van der Waals surface area (Å²) in [5.74, 6) is -0.111. The SMILES string of the molecule is O=C(Cn1nnc2ccccc21)Nc1nc2c(s1)CCCCCCCCCC2. The van der Waals surface area contributed by atoms with E-state index < -0.39 is 0 Å². The van der Waals surface area contributed by atoms with Gasteiger partial charge in [-0.3, -0.25) is 4.79 Å². The standard InChI is InChI=1S/C21H27N5OS/c27-20(15-26-18-13-10-9-11-16(18)24-25-26)23-21-22-17-12-7-5-3-1-2-4-6-8-14-19(17)28-21/h9-11,13H,1-8,12,14-15H2,(H,22,23,27). The van der Waals surface area contributed by atoms with Gasteiger partial charge in [-0.1, -0.05) is 55.9 Å². The van der Waals surface area contributed by atoms with Crippen LogP contribution in [0.25, 0.3) is 11.0 Å². The summed E-state index contributed by atoms with van der Waals surface area (Å²) in [5, 5.41) is 11.9. The molecular weight excluding hydrogens is 370 g/mol. The molecule has 1 aliphatic carbocycles. The van der Waals surface area contributed by atoms with E-state index in [1.165, 1.54) is 61.9 Å². The van der Waals surface area contributed by atoms with Crippen molar-refractivity contribution in [1.29, 1.82) is 0 Å². The van der Waals surface area contributed by atoms with Gasteiger partial charge in [-0.05, 0) is 37.8 Å². The van der Waals surface area contributed by atoms with E-state index in [2.05, 4.69) is 15.6 Å². The molecule has 4 rings (SSSR count). The molecule has 2 heterocycles. The Labute approximate surface area is 169 Å². The van der Waals surface area contributed by atoms with E-state index in [-0.39, 0.29) is 12.5 Å². The van der Waals surface area contributed by atoms with Crippen LogP contribution in [0.3, 0.4) is 0 Å². The number of aryl methyl sites for hydroxylation is 2. The van der Waals surface area contributed by atoms with E-state index in [4.69, 9.17) is 4.98 Å². The highest BCUT2D eigenvalue weighted by atomic mass is 32.1. The lowest BCUT2D eigenvalue weighted by Crippen LogP contribution is -2.19. The average Bonchev–Trinajstić information content (AvgIpc) is 3.26. The van der Waals surface area contributed by atoms with Gasteiger partial charge in [0, 0.05) is 4.88 Å². The van der Waals surface area contributed by atoms with Crippen molar-refractivity contribution in [1.82, 2.24) is 20.0 Å². The van der Waals surface area contributed by atoms with Crippen LogP contribution in [0.4, 0.5) is 5.13 Å². The molecule has 0 unspecified atom stereocenters. The summed E-state index contributed by atoms with van der Waals surface area (Å²) in [5.41, 5.74) is 2.85. The van der Waals surface area contributed by atoms with Crippen LogP contribution in [-0.2, 0) is 24.2 Å². The van der Waals surface area contributed by atoms with E-state index in [0.29, 0.717) is 5.13 Å². The zero-order valence-electron chi connectivity index (χ0n) is 16.2. The summed E-state index contributed by atoms with van der Waals surface area (Å²) in [4.78, 5) is 18.6. The normalized spacial score (nSPS) is 16.1. The van der Waals surface area contributed by atoms with Gasteiger partial charge in [0.15, 0.2) is 5.13 Å². The average molecular weight is 398 g/mol. The third-order valence-corrected chi connectivity index (χ3v) is 6.38. The van der Waals surface area contributed by atoms with Crippen molar-refractivity contribution in [2.24, 2.45) is 0 Å². The van der Waals surface area contributed by atoms with Crippen molar-refractivity contribution in [3.63, 3.8) is 0 Å². The molecular formula is C21H27N5OS. The summed E-state index contributed by atoms with van der Waals surface area (Å²) < 4.78 is 1.63. The molecule has 0 atom stereocenters. The number of nitrogens with one attached hydrogen (secondary N) is 1. The lowest BCUT2D eigenvalue weighted by atomic mass is 10.0. The van der Waals surface area contributed by atoms with E-state index in [1.807, 2.05) is 24.3 Å². The van der Waals surface area contributed by atoms with Gasteiger partial charge in [-0.25, -0.2) is 9.67 Å². The monoisotopic (exact) mass is 397 g/mol. The topological polar surface area (TPSA) is 72.7 Å². The van der Waals surface area contributed by atoms with Gasteiger partial charge < -0.3 is 5.32 Å². The third kappa shape index (κ3) is 4.76. The molecule has 1 amide bonds. The minimum Gasteiger partial charge on any atom is -0.300 e. The highest BCUT2D eigenvalue weighted by Gasteiger charge is 2.15. The number of anilines is 1. The maximum absolute atomic E-state index is 12.5. The largest absolute Gasteiger partial charge is 0.300 e. The van der Waals surface area contributed by atoms with Crippen molar-refractivity contribution < 1.29 is 4.79 Å². The zero-order chi connectivity index (χ0) is 19.2. The number of hydrogen-bond acceptors (Lipinski definition) is 5. The Hall–Kier alpha value is -2.28. The number of carbonyl (C=O) groups excluding carboxylic acids is 1. The number of nitrogens with zero attached hydrogens (tertiary/aromatic N) is 4. The molecule has 3 aromatic rings. The number of fused-ring (bicyclic) bond motifs is 2. The van der Waals surface area contributed by atoms with Gasteiger partial charge in [0.1, 0.15) is 12.1 Å². The first kappa shape index (κ1) is 19.1. The van der Waals surface area contributed by atoms with Crippen molar-refractivity contribution in [2.75, 3.05) is 5.32 Å². The Bertz CT molecular complexity index is 902. The molecule has 7 heteroatoms. The highest BCUT2D eigenvalue weighted by molar-refractivity contribution is 7.15. The summed E-state index contributed by atoms with van der Waals surface area (Å²) in [6.07, 6.45) is 12.5. The third-order valence-electron chi connectivity index (χ3n) is 5.31. The second kappa shape index (κ2) is 9.28. The smallest absolute Gasteiger partial charge is 0.247 e. The molecule has 2 aromatic heterocycles. The van der Waals surface area contributed by atoms with Gasteiger partial charge >= 0.3 is 0 Å². The molecule has 0 fully saturated rings. The highest BCUT2D eigenvalue weighted by Crippen LogP contribution is 2.27. The first-order chi connectivity index (χ1) is 13.8. The number of carbonyl (C=O) groups is 1. The first-order valence-electron chi connectivity index (χ1n) is 10.4. The summed E-state index contributed by atoms with van der Waals surface area (Å²) in [6, 6.07) is 7.67. The van der Waals surface area contributed by atoms with E-state index in [0.717, 1.165) is 23.9 Å². The summed E-state index contributed by atoms with van der Waals surface area (Å²) in [7, 11) is 0. The molecule has 0 radical (unpaired) electrons. The van der Waals surface area contributed by atoms with Crippen molar-refractivity contribution >= 4 is 33.4 Å². The van der Waals surface area contributed by atoms with Gasteiger partial charge in [0.05, 0.1) is 11.2 Å². The summed E-state index contributed by atoms with van der Waals surface area (Å²) >= 11 is 1.64. The maximum Gasteiger partial charge on any atom is 0.247 e. The van der Waals surface area contributed by atoms with Gasteiger partial charge in [0.25, 0.3) is 0 Å². The van der Waals surface area contributed by atoms with Gasteiger partial charge in [-0.15, -0.1) is 16.4 Å².